The van der Waals surface area contributed by atoms with E-state index in [1.54, 1.807) is 19.1 Å². The summed E-state index contributed by atoms with van der Waals surface area (Å²) in [7, 11) is 3.93. The molecule has 11 nitrogen and oxygen atoms in total. The van der Waals surface area contributed by atoms with Crippen molar-refractivity contribution >= 4 is 62.5 Å². The van der Waals surface area contributed by atoms with Gasteiger partial charge in [-0.1, -0.05) is 24.8 Å². The van der Waals surface area contributed by atoms with Gasteiger partial charge in [0.15, 0.2) is 0 Å². The Bertz CT molecular complexity index is 2370. The Labute approximate surface area is 307 Å². The number of ketones is 1. The lowest BCUT2D eigenvalue weighted by Crippen LogP contribution is -2.42. The molecule has 3 aliphatic rings. The highest BCUT2D eigenvalue weighted by atomic mass is 16.5. The summed E-state index contributed by atoms with van der Waals surface area (Å²) in [5.74, 6) is -2.58. The summed E-state index contributed by atoms with van der Waals surface area (Å²) in [5.41, 5.74) is 10.8. The summed E-state index contributed by atoms with van der Waals surface area (Å²) in [6.45, 7) is 13.5. The molecule has 274 valence electrons. The van der Waals surface area contributed by atoms with Crippen molar-refractivity contribution in [2.45, 2.75) is 65.7 Å². The van der Waals surface area contributed by atoms with E-state index in [-0.39, 0.29) is 23.7 Å². The molecule has 2 N–H and O–H groups in total. The number of carbonyl (C=O) groups excluding carboxylic acids is 4. The van der Waals surface area contributed by atoms with E-state index in [1.165, 1.54) is 21.3 Å². The van der Waals surface area contributed by atoms with Gasteiger partial charge in [0.1, 0.15) is 11.7 Å². The smallest absolute Gasteiger partial charge is 0.334 e. The van der Waals surface area contributed by atoms with E-state index in [0.717, 1.165) is 50.0 Å². The van der Waals surface area contributed by atoms with Gasteiger partial charge in [-0.25, -0.2) is 9.78 Å². The van der Waals surface area contributed by atoms with Gasteiger partial charge in [-0.3, -0.25) is 14.6 Å². The molecule has 0 radical (unpaired) electrons. The summed E-state index contributed by atoms with van der Waals surface area (Å²) in [6.07, 6.45) is 6.64. The van der Waals surface area contributed by atoms with Gasteiger partial charge in [-0.2, -0.15) is 0 Å². The summed E-state index contributed by atoms with van der Waals surface area (Å²) >= 11 is 0. The Morgan fingerprint density at radius 1 is 0.792 bits per heavy atom. The zero-order chi connectivity index (χ0) is 38.4. The van der Waals surface area contributed by atoms with Crippen LogP contribution in [0.15, 0.2) is 54.6 Å². The van der Waals surface area contributed by atoms with Gasteiger partial charge in [0.05, 0.1) is 55.1 Å². The molecule has 11 heteroatoms. The van der Waals surface area contributed by atoms with Crippen LogP contribution in [0, 0.1) is 19.8 Å². The second-order valence-corrected chi connectivity index (χ2v) is 13.8. The average Bonchev–Trinajstić information content (AvgIpc) is 3.79. The second-order valence-electron chi connectivity index (χ2n) is 13.8. The first-order valence-corrected chi connectivity index (χ1v) is 17.5. The van der Waals surface area contributed by atoms with Gasteiger partial charge in [0.25, 0.3) is 0 Å². The molecule has 8 bridgehead atoms. The lowest BCUT2D eigenvalue weighted by Gasteiger charge is -2.36. The molecule has 0 saturated heterocycles. The molecule has 3 aromatic heterocycles. The summed E-state index contributed by atoms with van der Waals surface area (Å²) in [5, 5.41) is 0. The molecule has 0 unspecified atom stereocenters. The van der Waals surface area contributed by atoms with E-state index in [2.05, 4.69) is 16.5 Å². The van der Waals surface area contributed by atoms with Crippen LogP contribution in [0.5, 0.6) is 0 Å². The maximum Gasteiger partial charge on any atom is 0.334 e. The maximum atomic E-state index is 13.7. The van der Waals surface area contributed by atoms with Crippen LogP contribution in [0.4, 0.5) is 0 Å². The monoisotopic (exact) mass is 716 g/mol. The predicted molar refractivity (Wildman–Crippen MR) is 203 cm³/mol. The first-order valence-electron chi connectivity index (χ1n) is 17.5. The minimum Gasteiger partial charge on any atom is -0.469 e. The number of Topliss-reactive ketones (excluding diaryl/α,β-unsaturated/α-hetero) is 1. The van der Waals surface area contributed by atoms with E-state index >= 15 is 0 Å². The number of hydrogen-bond acceptors (Lipinski definition) is 9. The van der Waals surface area contributed by atoms with Crippen LogP contribution < -0.4 is 0 Å². The number of aromatic amines is 2. The predicted octanol–water partition coefficient (Wildman–Crippen LogP) is 6.92. The number of fused-ring (bicyclic) bond motifs is 11. The number of ether oxygens (including phenoxy) is 3. The van der Waals surface area contributed by atoms with Crippen molar-refractivity contribution in [3.63, 3.8) is 0 Å². The Morgan fingerprint density at radius 2 is 1.43 bits per heavy atom. The molecule has 6 rings (SSSR count). The van der Waals surface area contributed by atoms with Gasteiger partial charge < -0.3 is 29.0 Å². The zero-order valence-electron chi connectivity index (χ0n) is 31.4. The highest BCUT2D eigenvalue weighted by molar-refractivity contribution is 6.02. The van der Waals surface area contributed by atoms with Gasteiger partial charge in [0.2, 0.25) is 0 Å². The molecule has 5 heterocycles. The lowest BCUT2D eigenvalue weighted by atomic mass is 9.64. The number of hydrogen-bond donors (Lipinski definition) is 2. The third kappa shape index (κ3) is 6.34. The number of H-pyrrole nitrogens is 2. The van der Waals surface area contributed by atoms with E-state index in [9.17, 15) is 19.2 Å². The Kier molecular flexibility index (Phi) is 9.96. The fourth-order valence-electron chi connectivity index (χ4n) is 7.76. The normalized spacial score (nSPS) is 17.8. The van der Waals surface area contributed by atoms with E-state index in [4.69, 9.17) is 24.2 Å². The van der Waals surface area contributed by atoms with Crippen molar-refractivity contribution in [1.29, 1.82) is 0 Å². The van der Waals surface area contributed by atoms with Crippen LogP contribution in [0.2, 0.25) is 0 Å². The van der Waals surface area contributed by atoms with Gasteiger partial charge in [-0.05, 0) is 105 Å². The van der Waals surface area contributed by atoms with Crippen LogP contribution in [-0.4, -0.2) is 65.0 Å². The molecular weight excluding hydrogens is 672 g/mol. The molecule has 0 fully saturated rings. The first-order chi connectivity index (χ1) is 25.3. The lowest BCUT2D eigenvalue weighted by molar-refractivity contribution is -0.149. The fourth-order valence-corrected chi connectivity index (χ4v) is 7.76. The molecule has 0 saturated carbocycles. The van der Waals surface area contributed by atoms with Crippen molar-refractivity contribution in [2.75, 3.05) is 21.3 Å². The number of rotatable bonds is 9. The van der Waals surface area contributed by atoms with Gasteiger partial charge in [-0.15, -0.1) is 0 Å². The van der Waals surface area contributed by atoms with Crippen molar-refractivity contribution in [3.8, 4) is 0 Å². The summed E-state index contributed by atoms with van der Waals surface area (Å²) < 4.78 is 15.4. The zero-order valence-corrected chi connectivity index (χ0v) is 31.4. The van der Waals surface area contributed by atoms with Gasteiger partial charge in [0, 0.05) is 40.5 Å². The minimum atomic E-state index is -1.15. The number of aromatic nitrogens is 4. The number of nitrogens with zero attached hydrogens (tertiary/aromatic N) is 2. The number of carbonyl (C=O) groups is 4. The van der Waals surface area contributed by atoms with Crippen LogP contribution in [-0.2, 0) is 51.6 Å². The molecule has 2 atom stereocenters. The molecular formula is C42H44N4O7. The molecule has 0 aromatic carbocycles. The van der Waals surface area contributed by atoms with Crippen molar-refractivity contribution < 1.29 is 33.4 Å². The van der Waals surface area contributed by atoms with Crippen LogP contribution in [0.3, 0.4) is 0 Å². The minimum absolute atomic E-state index is 0.0858. The average molecular weight is 717 g/mol. The van der Waals surface area contributed by atoms with E-state index < -0.39 is 23.3 Å². The van der Waals surface area contributed by atoms with Crippen LogP contribution >= 0.6 is 0 Å². The number of aryl methyl sites for hydroxylation is 4. The quantitative estimate of drug-likeness (QED) is 0.178. The number of allylic oxidation sites excluding steroid dienone is 6. The third-order valence-corrected chi connectivity index (χ3v) is 10.9. The molecule has 0 amide bonds. The molecule has 53 heavy (non-hydrogen) atoms. The third-order valence-electron chi connectivity index (χ3n) is 10.9. The standard InChI is InChI=1S/C42H44N4O7/c1-10-25-22(3)31-18-36-29-15-13-28(40(49)52-8)39(41(50)53-9)42(29,6)37(46-36)20-32-24(5)27(14-16-38(48)51-7)35(45-32)19-34-26(12-11-21(2)47)23(4)30(44-34)17-33(25)43-31/h10,13,15,17-20,39,44-45H,1,11-12,14,16H2,2-9H3/t39-,42+/m0/s1. The maximum absolute atomic E-state index is 13.7. The topological polar surface area (TPSA) is 153 Å². The summed E-state index contributed by atoms with van der Waals surface area (Å²) in [6, 6.07) is 7.80. The van der Waals surface area contributed by atoms with E-state index in [0.29, 0.717) is 53.1 Å². The number of esters is 3. The van der Waals surface area contributed by atoms with Crippen molar-refractivity contribution in [1.82, 2.24) is 19.9 Å². The summed E-state index contributed by atoms with van der Waals surface area (Å²) in [4.78, 5) is 68.8. The van der Waals surface area contributed by atoms with Crippen LogP contribution in [0.1, 0.15) is 78.6 Å². The molecule has 2 aliphatic heterocycles. The first kappa shape index (κ1) is 36.9. The van der Waals surface area contributed by atoms with Crippen molar-refractivity contribution in [2.24, 2.45) is 5.92 Å². The molecule has 0 spiro atoms. The highest BCUT2D eigenvalue weighted by Gasteiger charge is 2.53. The molecule has 1 aliphatic carbocycles. The Hall–Kier alpha value is -5.84. The molecule has 3 aromatic rings. The Morgan fingerprint density at radius 3 is 2.02 bits per heavy atom. The second kappa shape index (κ2) is 14.3. The number of methoxy groups -OCH3 is 3. The van der Waals surface area contributed by atoms with E-state index in [1.807, 2.05) is 58.0 Å². The number of nitrogens with one attached hydrogen (secondary N) is 2. The highest BCUT2D eigenvalue weighted by Crippen LogP contribution is 2.52. The largest absolute Gasteiger partial charge is 0.469 e. The fraction of sp³-hybridized carbons (Fsp3) is 0.333. The van der Waals surface area contributed by atoms with Crippen LogP contribution in [0.25, 0.3) is 38.8 Å². The Balaban J connectivity index is 1.78. The van der Waals surface area contributed by atoms with Crippen molar-refractivity contribution in [3.05, 3.63) is 99.7 Å². The SMILES string of the molecule is C=CC1=C(C)c2cc3nc(cc4[nH]c(cc5[nH]c(cc1n2)c(C)c5CCC(C)=O)c(CCC(=O)OC)c4C)[C@@]1(C)C3=CC=C(C(=O)OC)[C@H]1C(=O)OC. The van der Waals surface area contributed by atoms with Gasteiger partial charge >= 0.3 is 17.9 Å².